The normalized spacial score (nSPS) is 26.2. The fraction of sp³-hybridized carbons (Fsp3) is 0.647. The molecule has 3 nitrogen and oxygen atoms in total. The second-order valence-electron chi connectivity index (χ2n) is 6.16. The predicted octanol–water partition coefficient (Wildman–Crippen LogP) is 4.29. The van der Waals surface area contributed by atoms with Gasteiger partial charge in [-0.25, -0.2) is 0 Å². The first kappa shape index (κ1) is 15.0. The van der Waals surface area contributed by atoms with Gasteiger partial charge < -0.3 is 15.8 Å². The van der Waals surface area contributed by atoms with Gasteiger partial charge in [0.1, 0.15) is 5.75 Å². The van der Waals surface area contributed by atoms with Gasteiger partial charge in [-0.1, -0.05) is 33.6 Å². The maximum Gasteiger partial charge on any atom is 0.123 e. The van der Waals surface area contributed by atoms with Gasteiger partial charge in [-0.3, -0.25) is 0 Å². The summed E-state index contributed by atoms with van der Waals surface area (Å²) in [6, 6.07) is 6.51. The number of hydrogen-bond acceptors (Lipinski definition) is 3. The van der Waals surface area contributed by atoms with Crippen LogP contribution in [0.1, 0.15) is 46.5 Å². The molecule has 2 rings (SSSR count). The lowest BCUT2D eigenvalue weighted by Crippen LogP contribution is -2.35. The first-order valence-corrected chi connectivity index (χ1v) is 7.90. The minimum atomic E-state index is 0.541. The zero-order valence-electron chi connectivity index (χ0n) is 13.0. The molecule has 112 valence electrons. The molecular formula is C17H28N2O. The first-order chi connectivity index (χ1) is 9.60. The molecule has 0 saturated heterocycles. The van der Waals surface area contributed by atoms with Crippen LogP contribution in [0.4, 0.5) is 11.4 Å². The van der Waals surface area contributed by atoms with E-state index in [0.29, 0.717) is 12.0 Å². The minimum Gasteiger partial charge on any atom is -0.493 e. The van der Waals surface area contributed by atoms with Gasteiger partial charge in [0.25, 0.3) is 0 Å². The molecule has 1 fully saturated rings. The van der Waals surface area contributed by atoms with Crippen LogP contribution in [0.15, 0.2) is 18.2 Å². The quantitative estimate of drug-likeness (QED) is 0.788. The highest BCUT2D eigenvalue weighted by Gasteiger charge is 2.26. The molecule has 3 atom stereocenters. The van der Waals surface area contributed by atoms with Crippen molar-refractivity contribution < 1.29 is 4.74 Å². The Morgan fingerprint density at radius 1 is 1.25 bits per heavy atom. The van der Waals surface area contributed by atoms with Gasteiger partial charge >= 0.3 is 0 Å². The first-order valence-electron chi connectivity index (χ1n) is 7.90. The molecule has 3 heteroatoms. The van der Waals surface area contributed by atoms with Gasteiger partial charge in [0, 0.05) is 29.5 Å². The van der Waals surface area contributed by atoms with Crippen LogP contribution >= 0.6 is 0 Å². The summed E-state index contributed by atoms with van der Waals surface area (Å²) in [6.45, 7) is 7.55. The third-order valence-electron chi connectivity index (χ3n) is 4.46. The van der Waals surface area contributed by atoms with E-state index in [4.69, 9.17) is 10.5 Å². The van der Waals surface area contributed by atoms with E-state index in [9.17, 15) is 0 Å². The van der Waals surface area contributed by atoms with Gasteiger partial charge in [-0.2, -0.15) is 0 Å². The number of nitrogens with one attached hydrogen (secondary N) is 1. The maximum absolute atomic E-state index is 5.98. The fourth-order valence-corrected chi connectivity index (χ4v) is 3.01. The van der Waals surface area contributed by atoms with E-state index in [1.807, 2.05) is 12.1 Å². The van der Waals surface area contributed by atoms with Crippen molar-refractivity contribution in [2.24, 2.45) is 11.8 Å². The third kappa shape index (κ3) is 3.81. The van der Waals surface area contributed by atoms with Gasteiger partial charge in [-0.05, 0) is 30.7 Å². The molecule has 1 aliphatic rings. The second-order valence-corrected chi connectivity index (χ2v) is 6.16. The highest BCUT2D eigenvalue weighted by Crippen LogP contribution is 2.32. The van der Waals surface area contributed by atoms with Crippen LogP contribution in [0.25, 0.3) is 0 Å². The summed E-state index contributed by atoms with van der Waals surface area (Å²) in [5.41, 5.74) is 7.83. The SMILES string of the molecule is CCCOc1cc(N)cc(NC2CCCC(C)C2C)c1. The molecule has 3 N–H and O–H groups in total. The summed E-state index contributed by atoms with van der Waals surface area (Å²) >= 11 is 0. The zero-order chi connectivity index (χ0) is 14.5. The third-order valence-corrected chi connectivity index (χ3v) is 4.46. The number of benzene rings is 1. The molecule has 0 heterocycles. The van der Waals surface area contributed by atoms with Gasteiger partial charge in [-0.15, -0.1) is 0 Å². The molecule has 20 heavy (non-hydrogen) atoms. The smallest absolute Gasteiger partial charge is 0.123 e. The van der Waals surface area contributed by atoms with Crippen molar-refractivity contribution in [1.29, 1.82) is 0 Å². The Balaban J connectivity index is 2.06. The van der Waals surface area contributed by atoms with E-state index in [1.54, 1.807) is 0 Å². The van der Waals surface area contributed by atoms with Crippen molar-refractivity contribution in [2.45, 2.75) is 52.5 Å². The summed E-state index contributed by atoms with van der Waals surface area (Å²) < 4.78 is 5.69. The molecule has 1 aliphatic carbocycles. The largest absolute Gasteiger partial charge is 0.493 e. The highest BCUT2D eigenvalue weighted by atomic mass is 16.5. The lowest BCUT2D eigenvalue weighted by molar-refractivity contribution is 0.253. The van der Waals surface area contributed by atoms with Gasteiger partial charge in [0.05, 0.1) is 6.61 Å². The number of anilines is 2. The van der Waals surface area contributed by atoms with E-state index < -0.39 is 0 Å². The predicted molar refractivity (Wildman–Crippen MR) is 86.2 cm³/mol. The van der Waals surface area contributed by atoms with E-state index in [0.717, 1.165) is 36.1 Å². The molecule has 0 aliphatic heterocycles. The number of nitrogens with two attached hydrogens (primary N) is 1. The van der Waals surface area contributed by atoms with Crippen molar-refractivity contribution in [3.63, 3.8) is 0 Å². The Kier molecular flexibility index (Phi) is 5.16. The van der Waals surface area contributed by atoms with Crippen LogP contribution in [0.5, 0.6) is 5.75 Å². The monoisotopic (exact) mass is 276 g/mol. The molecule has 0 radical (unpaired) electrons. The molecule has 0 amide bonds. The Morgan fingerprint density at radius 3 is 2.80 bits per heavy atom. The Hall–Kier alpha value is -1.38. The lowest BCUT2D eigenvalue weighted by Gasteiger charge is -2.35. The summed E-state index contributed by atoms with van der Waals surface area (Å²) in [4.78, 5) is 0. The second kappa shape index (κ2) is 6.87. The van der Waals surface area contributed by atoms with Crippen LogP contribution in [0.2, 0.25) is 0 Å². The standard InChI is InChI=1S/C17H28N2O/c1-4-8-20-16-10-14(18)9-15(11-16)19-17-7-5-6-12(2)13(17)3/h9-13,17,19H,4-8,18H2,1-3H3. The lowest BCUT2D eigenvalue weighted by atomic mass is 9.78. The highest BCUT2D eigenvalue weighted by molar-refractivity contribution is 5.59. The molecular weight excluding hydrogens is 248 g/mol. The minimum absolute atomic E-state index is 0.541. The van der Waals surface area contributed by atoms with Crippen LogP contribution in [0.3, 0.4) is 0 Å². The molecule has 1 saturated carbocycles. The summed E-state index contributed by atoms with van der Waals surface area (Å²) in [7, 11) is 0. The number of ether oxygens (including phenoxy) is 1. The van der Waals surface area contributed by atoms with Crippen LogP contribution in [-0.4, -0.2) is 12.6 Å². The Morgan fingerprint density at radius 2 is 2.05 bits per heavy atom. The van der Waals surface area contributed by atoms with E-state index in [-0.39, 0.29) is 0 Å². The summed E-state index contributed by atoms with van der Waals surface area (Å²) in [6.07, 6.45) is 4.91. The van der Waals surface area contributed by atoms with Gasteiger partial charge in [0.2, 0.25) is 0 Å². The number of hydrogen-bond donors (Lipinski definition) is 2. The molecule has 1 aromatic rings. The van der Waals surface area contributed by atoms with Gasteiger partial charge in [0.15, 0.2) is 0 Å². The van der Waals surface area contributed by atoms with E-state index in [2.05, 4.69) is 32.2 Å². The average Bonchev–Trinajstić information content (AvgIpc) is 2.41. The molecule has 3 unspecified atom stereocenters. The van der Waals surface area contributed by atoms with Crippen molar-refractivity contribution in [3.05, 3.63) is 18.2 Å². The molecule has 1 aromatic carbocycles. The Bertz CT molecular complexity index is 433. The zero-order valence-corrected chi connectivity index (χ0v) is 13.0. The average molecular weight is 276 g/mol. The van der Waals surface area contributed by atoms with E-state index >= 15 is 0 Å². The Labute approximate surface area is 122 Å². The summed E-state index contributed by atoms with van der Waals surface area (Å²) in [5, 5.41) is 3.66. The number of rotatable bonds is 5. The van der Waals surface area contributed by atoms with Crippen molar-refractivity contribution in [3.8, 4) is 5.75 Å². The fourth-order valence-electron chi connectivity index (χ4n) is 3.01. The van der Waals surface area contributed by atoms with Crippen LogP contribution < -0.4 is 15.8 Å². The molecule has 0 spiro atoms. The molecule has 0 bridgehead atoms. The number of nitrogen functional groups attached to an aromatic ring is 1. The van der Waals surface area contributed by atoms with Crippen LogP contribution in [0, 0.1) is 11.8 Å². The topological polar surface area (TPSA) is 47.3 Å². The van der Waals surface area contributed by atoms with Crippen molar-refractivity contribution in [2.75, 3.05) is 17.7 Å². The maximum atomic E-state index is 5.98. The van der Waals surface area contributed by atoms with E-state index in [1.165, 1.54) is 19.3 Å². The summed E-state index contributed by atoms with van der Waals surface area (Å²) in [5.74, 6) is 2.36. The van der Waals surface area contributed by atoms with Crippen LogP contribution in [-0.2, 0) is 0 Å². The van der Waals surface area contributed by atoms with Crippen molar-refractivity contribution >= 4 is 11.4 Å². The molecule has 0 aromatic heterocycles. The van der Waals surface area contributed by atoms with Crippen molar-refractivity contribution in [1.82, 2.24) is 0 Å².